The average Bonchev–Trinajstić information content (AvgIpc) is 2.61. The van der Waals surface area contributed by atoms with E-state index in [4.69, 9.17) is 18.8 Å². The molecule has 1 heterocycles. The van der Waals surface area contributed by atoms with Crippen molar-refractivity contribution in [1.29, 1.82) is 0 Å². The van der Waals surface area contributed by atoms with E-state index < -0.39 is 22.2 Å². The number of hydrogen-bond donors (Lipinski definition) is 1. The Labute approximate surface area is 125 Å². The van der Waals surface area contributed by atoms with Gasteiger partial charge in [-0.2, -0.15) is 8.42 Å². The summed E-state index contributed by atoms with van der Waals surface area (Å²) < 4.78 is 38.7. The lowest BCUT2D eigenvalue weighted by molar-refractivity contribution is -0.213. The standard InChI is InChI=1S/C14H21NO5S/c1-3-14(4-2)19-12(10-18-21(15,16)17)9-11-7-5-6-8-13(11)20-14/h5-8,12H,3-4,9-10H2,1-2H3,(H2,15,16,17). The van der Waals surface area contributed by atoms with Gasteiger partial charge >= 0.3 is 10.3 Å². The molecule has 7 heteroatoms. The first-order chi connectivity index (χ1) is 9.87. The van der Waals surface area contributed by atoms with Crippen molar-refractivity contribution >= 4 is 10.3 Å². The van der Waals surface area contributed by atoms with Gasteiger partial charge in [0.1, 0.15) is 5.75 Å². The molecule has 21 heavy (non-hydrogen) atoms. The molecule has 0 aromatic heterocycles. The third-order valence-corrected chi connectivity index (χ3v) is 4.06. The summed E-state index contributed by atoms with van der Waals surface area (Å²) >= 11 is 0. The van der Waals surface area contributed by atoms with Gasteiger partial charge in [-0.3, -0.25) is 4.18 Å². The van der Waals surface area contributed by atoms with Crippen molar-refractivity contribution in [3.05, 3.63) is 29.8 Å². The van der Waals surface area contributed by atoms with E-state index >= 15 is 0 Å². The highest BCUT2D eigenvalue weighted by Gasteiger charge is 2.36. The summed E-state index contributed by atoms with van der Waals surface area (Å²) in [6.07, 6.45) is 1.35. The molecule has 0 spiro atoms. The van der Waals surface area contributed by atoms with Gasteiger partial charge in [0.2, 0.25) is 5.79 Å². The Kier molecular flexibility index (Phi) is 4.88. The lowest BCUT2D eigenvalue weighted by Gasteiger charge is -2.33. The molecule has 0 saturated heterocycles. The molecule has 1 aliphatic heterocycles. The van der Waals surface area contributed by atoms with Gasteiger partial charge in [0.15, 0.2) is 0 Å². The third-order valence-electron chi connectivity index (χ3n) is 3.59. The zero-order chi connectivity index (χ0) is 15.5. The van der Waals surface area contributed by atoms with E-state index in [2.05, 4.69) is 0 Å². The van der Waals surface area contributed by atoms with Gasteiger partial charge in [-0.15, -0.1) is 0 Å². The Bertz CT molecular complexity index is 583. The van der Waals surface area contributed by atoms with Crippen LogP contribution in [0.1, 0.15) is 32.3 Å². The van der Waals surface area contributed by atoms with Crippen LogP contribution in [-0.4, -0.2) is 26.9 Å². The highest BCUT2D eigenvalue weighted by atomic mass is 32.2. The Morgan fingerprint density at radius 3 is 2.62 bits per heavy atom. The highest BCUT2D eigenvalue weighted by Crippen LogP contribution is 2.34. The molecule has 2 N–H and O–H groups in total. The lowest BCUT2D eigenvalue weighted by atomic mass is 10.1. The lowest BCUT2D eigenvalue weighted by Crippen LogP contribution is -2.42. The van der Waals surface area contributed by atoms with Gasteiger partial charge in [0.25, 0.3) is 0 Å². The number of nitrogens with two attached hydrogens (primary N) is 1. The van der Waals surface area contributed by atoms with E-state index in [0.29, 0.717) is 19.3 Å². The van der Waals surface area contributed by atoms with Gasteiger partial charge in [0, 0.05) is 19.3 Å². The van der Waals surface area contributed by atoms with Gasteiger partial charge in [-0.1, -0.05) is 32.0 Å². The number of rotatable bonds is 5. The van der Waals surface area contributed by atoms with Gasteiger partial charge in [-0.25, -0.2) is 5.14 Å². The summed E-state index contributed by atoms with van der Waals surface area (Å²) in [6, 6.07) is 7.63. The summed E-state index contributed by atoms with van der Waals surface area (Å²) in [5.41, 5.74) is 0.962. The smallest absolute Gasteiger partial charge is 0.333 e. The number of benzene rings is 1. The van der Waals surface area contributed by atoms with Crippen LogP contribution in [0.15, 0.2) is 24.3 Å². The minimum absolute atomic E-state index is 0.127. The van der Waals surface area contributed by atoms with Crippen LogP contribution in [0, 0.1) is 0 Å². The second-order valence-corrected chi connectivity index (χ2v) is 6.27. The Morgan fingerprint density at radius 2 is 2.00 bits per heavy atom. The molecule has 1 aliphatic rings. The zero-order valence-corrected chi connectivity index (χ0v) is 13.1. The largest absolute Gasteiger partial charge is 0.462 e. The Hall–Kier alpha value is -1.15. The molecule has 0 bridgehead atoms. The molecular weight excluding hydrogens is 294 g/mol. The van der Waals surface area contributed by atoms with E-state index in [9.17, 15) is 8.42 Å². The van der Waals surface area contributed by atoms with Crippen molar-refractivity contribution in [2.24, 2.45) is 5.14 Å². The van der Waals surface area contributed by atoms with Gasteiger partial charge in [0.05, 0.1) is 12.7 Å². The molecule has 0 radical (unpaired) electrons. The van der Waals surface area contributed by atoms with Crippen LogP contribution in [-0.2, 0) is 25.6 Å². The molecule has 0 saturated carbocycles. The summed E-state index contributed by atoms with van der Waals surface area (Å²) in [5.74, 6) is -0.0155. The normalized spacial score (nSPS) is 21.2. The zero-order valence-electron chi connectivity index (χ0n) is 12.2. The van der Waals surface area contributed by atoms with Crippen LogP contribution in [0.4, 0.5) is 0 Å². The first-order valence-electron chi connectivity index (χ1n) is 6.99. The Morgan fingerprint density at radius 1 is 1.33 bits per heavy atom. The first kappa shape index (κ1) is 16.2. The Balaban J connectivity index is 2.27. The maximum atomic E-state index is 11.0. The van der Waals surface area contributed by atoms with Crippen LogP contribution in [0.3, 0.4) is 0 Å². The molecule has 0 fully saturated rings. The molecule has 1 aromatic rings. The van der Waals surface area contributed by atoms with Crippen molar-refractivity contribution in [3.8, 4) is 5.75 Å². The summed E-state index contributed by atoms with van der Waals surface area (Å²) in [7, 11) is -3.98. The number of ether oxygens (including phenoxy) is 2. The molecule has 1 atom stereocenters. The van der Waals surface area contributed by atoms with Crippen molar-refractivity contribution < 1.29 is 22.1 Å². The number of para-hydroxylation sites is 1. The van der Waals surface area contributed by atoms with Gasteiger partial charge in [-0.05, 0) is 11.6 Å². The van der Waals surface area contributed by atoms with E-state index in [-0.39, 0.29) is 6.61 Å². The van der Waals surface area contributed by atoms with Crippen LogP contribution >= 0.6 is 0 Å². The predicted octanol–water partition coefficient (Wildman–Crippen LogP) is 1.74. The summed E-state index contributed by atoms with van der Waals surface area (Å²) in [5, 5.41) is 4.88. The summed E-state index contributed by atoms with van der Waals surface area (Å²) in [4.78, 5) is 0. The van der Waals surface area contributed by atoms with Crippen molar-refractivity contribution in [3.63, 3.8) is 0 Å². The minimum Gasteiger partial charge on any atom is -0.462 e. The van der Waals surface area contributed by atoms with Crippen LogP contribution in [0.2, 0.25) is 0 Å². The van der Waals surface area contributed by atoms with E-state index in [1.165, 1.54) is 0 Å². The topological polar surface area (TPSA) is 87.9 Å². The monoisotopic (exact) mass is 315 g/mol. The minimum atomic E-state index is -3.98. The maximum absolute atomic E-state index is 11.0. The predicted molar refractivity (Wildman–Crippen MR) is 78.0 cm³/mol. The van der Waals surface area contributed by atoms with E-state index in [1.54, 1.807) is 0 Å². The van der Waals surface area contributed by atoms with E-state index in [0.717, 1.165) is 11.3 Å². The quantitative estimate of drug-likeness (QED) is 0.894. The van der Waals surface area contributed by atoms with Crippen molar-refractivity contribution in [2.75, 3.05) is 6.61 Å². The van der Waals surface area contributed by atoms with Crippen LogP contribution < -0.4 is 9.88 Å². The number of fused-ring (bicyclic) bond motifs is 1. The SMILES string of the molecule is CCC1(CC)Oc2ccccc2CC(COS(N)(=O)=O)O1. The van der Waals surface area contributed by atoms with Crippen molar-refractivity contribution in [1.82, 2.24) is 0 Å². The second kappa shape index (κ2) is 6.31. The van der Waals surface area contributed by atoms with Crippen LogP contribution in [0.5, 0.6) is 5.75 Å². The molecule has 118 valence electrons. The molecular formula is C14H21NO5S. The maximum Gasteiger partial charge on any atom is 0.333 e. The number of hydrogen-bond acceptors (Lipinski definition) is 5. The molecule has 0 amide bonds. The molecule has 0 aliphatic carbocycles. The highest BCUT2D eigenvalue weighted by molar-refractivity contribution is 7.84. The van der Waals surface area contributed by atoms with E-state index in [1.807, 2.05) is 38.1 Å². The third kappa shape index (κ3) is 4.16. The fraction of sp³-hybridized carbons (Fsp3) is 0.571. The molecule has 6 nitrogen and oxygen atoms in total. The molecule has 1 aromatic carbocycles. The first-order valence-corrected chi connectivity index (χ1v) is 8.46. The fourth-order valence-electron chi connectivity index (χ4n) is 2.41. The van der Waals surface area contributed by atoms with Crippen molar-refractivity contribution in [2.45, 2.75) is 45.0 Å². The molecule has 1 unspecified atom stereocenters. The molecule has 2 rings (SSSR count). The average molecular weight is 315 g/mol. The van der Waals surface area contributed by atoms with Gasteiger partial charge < -0.3 is 9.47 Å². The fourth-order valence-corrected chi connectivity index (χ4v) is 2.75. The van der Waals surface area contributed by atoms with Crippen LogP contribution in [0.25, 0.3) is 0 Å². The second-order valence-electron chi connectivity index (χ2n) is 5.05. The summed E-state index contributed by atoms with van der Waals surface area (Å²) in [6.45, 7) is 3.81.